The van der Waals surface area contributed by atoms with Gasteiger partial charge in [-0.2, -0.15) is 0 Å². The van der Waals surface area contributed by atoms with Gasteiger partial charge in [-0.3, -0.25) is 9.59 Å². The van der Waals surface area contributed by atoms with Crippen LogP contribution in [0.1, 0.15) is 26.9 Å². The molecule has 4 nitrogen and oxygen atoms in total. The Morgan fingerprint density at radius 3 is 2.15 bits per heavy atom. The van der Waals surface area contributed by atoms with Gasteiger partial charge in [0.05, 0.1) is 13.0 Å². The molecule has 0 aliphatic carbocycles. The lowest BCUT2D eigenvalue weighted by Gasteiger charge is -2.31. The predicted octanol–water partition coefficient (Wildman–Crippen LogP) is 5.58. The van der Waals surface area contributed by atoms with Crippen LogP contribution in [-0.4, -0.2) is 16.7 Å². The zero-order chi connectivity index (χ0) is 23.0. The fraction of sp³-hybridized carbons (Fsp3) is 0.154. The lowest BCUT2D eigenvalue weighted by molar-refractivity contribution is -0.141. The van der Waals surface area contributed by atoms with E-state index in [-0.39, 0.29) is 18.2 Å². The first-order valence-electron chi connectivity index (χ1n) is 10.5. The molecule has 2 aromatic carbocycles. The standard InChI is InChI=1S/C26H23FN2O2S2/c27-21-12-10-20(11-13-21)25(26(31)28-17-19-6-2-1-3-7-19)29(18-23-9-5-15-33-23)24(30)16-22-8-4-14-32-22/h1-15,25H,16-18H2,(H,28,31)/t25-/m0/s1. The van der Waals surface area contributed by atoms with Gasteiger partial charge in [-0.15, -0.1) is 22.7 Å². The molecule has 0 fully saturated rings. The number of nitrogens with zero attached hydrogens (tertiary/aromatic N) is 1. The summed E-state index contributed by atoms with van der Waals surface area (Å²) in [6.45, 7) is 0.631. The van der Waals surface area contributed by atoms with Crippen LogP contribution in [0.5, 0.6) is 0 Å². The first kappa shape index (κ1) is 22.9. The van der Waals surface area contributed by atoms with Crippen LogP contribution < -0.4 is 5.32 Å². The molecule has 2 aromatic heterocycles. The number of hydrogen-bond acceptors (Lipinski definition) is 4. The number of rotatable bonds is 9. The fourth-order valence-corrected chi connectivity index (χ4v) is 4.96. The van der Waals surface area contributed by atoms with Gasteiger partial charge in [0.1, 0.15) is 11.9 Å². The normalized spacial score (nSPS) is 11.7. The van der Waals surface area contributed by atoms with E-state index in [0.717, 1.165) is 15.3 Å². The predicted molar refractivity (Wildman–Crippen MR) is 130 cm³/mol. The van der Waals surface area contributed by atoms with Crippen molar-refractivity contribution >= 4 is 34.5 Å². The van der Waals surface area contributed by atoms with Crippen LogP contribution in [0.25, 0.3) is 0 Å². The molecule has 0 spiro atoms. The highest BCUT2D eigenvalue weighted by molar-refractivity contribution is 7.10. The average molecular weight is 479 g/mol. The summed E-state index contributed by atoms with van der Waals surface area (Å²) in [7, 11) is 0. The van der Waals surface area contributed by atoms with Crippen molar-refractivity contribution in [3.8, 4) is 0 Å². The molecule has 0 aliphatic rings. The average Bonchev–Trinajstić information content (AvgIpc) is 3.53. The summed E-state index contributed by atoms with van der Waals surface area (Å²) in [6, 6.07) is 22.2. The van der Waals surface area contributed by atoms with Gasteiger partial charge in [0.2, 0.25) is 11.8 Å². The minimum absolute atomic E-state index is 0.157. The van der Waals surface area contributed by atoms with Gasteiger partial charge in [-0.25, -0.2) is 4.39 Å². The molecule has 1 N–H and O–H groups in total. The van der Waals surface area contributed by atoms with E-state index in [1.165, 1.54) is 34.8 Å². The first-order chi connectivity index (χ1) is 16.1. The van der Waals surface area contributed by atoms with Gasteiger partial charge >= 0.3 is 0 Å². The minimum atomic E-state index is -0.885. The van der Waals surface area contributed by atoms with Crippen LogP contribution in [0.4, 0.5) is 4.39 Å². The van der Waals surface area contributed by atoms with E-state index in [9.17, 15) is 14.0 Å². The topological polar surface area (TPSA) is 49.4 Å². The molecule has 33 heavy (non-hydrogen) atoms. The van der Waals surface area contributed by atoms with Crippen molar-refractivity contribution in [2.24, 2.45) is 0 Å². The van der Waals surface area contributed by atoms with Crippen molar-refractivity contribution in [3.63, 3.8) is 0 Å². The molecular weight excluding hydrogens is 455 g/mol. The van der Waals surface area contributed by atoms with Crippen molar-refractivity contribution < 1.29 is 14.0 Å². The fourth-order valence-electron chi connectivity index (χ4n) is 3.56. The quantitative estimate of drug-likeness (QED) is 0.342. The monoisotopic (exact) mass is 478 g/mol. The zero-order valence-electron chi connectivity index (χ0n) is 17.8. The van der Waals surface area contributed by atoms with Crippen molar-refractivity contribution in [3.05, 3.63) is 116 Å². The van der Waals surface area contributed by atoms with E-state index in [1.807, 2.05) is 65.4 Å². The van der Waals surface area contributed by atoms with Crippen LogP contribution in [0, 0.1) is 5.82 Å². The zero-order valence-corrected chi connectivity index (χ0v) is 19.5. The first-order valence-corrected chi connectivity index (χ1v) is 12.3. The third kappa shape index (κ3) is 6.15. The highest BCUT2D eigenvalue weighted by Crippen LogP contribution is 2.27. The Hall–Kier alpha value is -3.29. The molecule has 168 valence electrons. The number of amides is 2. The molecule has 0 saturated carbocycles. The maximum atomic E-state index is 13.7. The summed E-state index contributed by atoms with van der Waals surface area (Å²) in [5.74, 6) is -0.853. The third-order valence-electron chi connectivity index (χ3n) is 5.19. The Kier molecular flexibility index (Phi) is 7.65. The van der Waals surface area contributed by atoms with Crippen LogP contribution in [-0.2, 0) is 29.1 Å². The molecule has 0 radical (unpaired) electrons. The lowest BCUT2D eigenvalue weighted by Crippen LogP contribution is -2.43. The second-order valence-electron chi connectivity index (χ2n) is 7.51. The highest BCUT2D eigenvalue weighted by Gasteiger charge is 2.32. The second kappa shape index (κ2) is 11.0. The minimum Gasteiger partial charge on any atom is -0.350 e. The van der Waals surface area contributed by atoms with Crippen molar-refractivity contribution in [2.45, 2.75) is 25.6 Å². The number of carbonyl (C=O) groups is 2. The molecule has 7 heteroatoms. The van der Waals surface area contributed by atoms with E-state index in [0.29, 0.717) is 18.7 Å². The Morgan fingerprint density at radius 2 is 1.52 bits per heavy atom. The van der Waals surface area contributed by atoms with Crippen LogP contribution in [0.3, 0.4) is 0 Å². The summed E-state index contributed by atoms with van der Waals surface area (Å²) in [5, 5.41) is 6.84. The number of thiophene rings is 2. The largest absolute Gasteiger partial charge is 0.350 e. The molecule has 0 bridgehead atoms. The highest BCUT2D eigenvalue weighted by atomic mass is 32.1. The molecule has 0 aliphatic heterocycles. The summed E-state index contributed by atoms with van der Waals surface area (Å²) in [5.41, 5.74) is 1.52. The van der Waals surface area contributed by atoms with Gasteiger partial charge in [0.25, 0.3) is 0 Å². The van der Waals surface area contributed by atoms with E-state index >= 15 is 0 Å². The van der Waals surface area contributed by atoms with Gasteiger partial charge in [0, 0.05) is 16.3 Å². The molecule has 2 amide bonds. The molecule has 1 atom stereocenters. The van der Waals surface area contributed by atoms with E-state index in [2.05, 4.69) is 5.32 Å². The Labute approximate surface area is 200 Å². The maximum Gasteiger partial charge on any atom is 0.247 e. The Bertz CT molecular complexity index is 1160. The molecule has 2 heterocycles. The van der Waals surface area contributed by atoms with E-state index < -0.39 is 11.9 Å². The molecule has 4 rings (SSSR count). The van der Waals surface area contributed by atoms with Crippen LogP contribution in [0.15, 0.2) is 89.6 Å². The molecule has 0 unspecified atom stereocenters. The van der Waals surface area contributed by atoms with Crippen molar-refractivity contribution in [1.29, 1.82) is 0 Å². The lowest BCUT2D eigenvalue weighted by atomic mass is 10.0. The number of halogens is 1. The van der Waals surface area contributed by atoms with Gasteiger partial charge in [0.15, 0.2) is 0 Å². The molecule has 0 saturated heterocycles. The van der Waals surface area contributed by atoms with E-state index in [4.69, 9.17) is 0 Å². The Morgan fingerprint density at radius 1 is 0.848 bits per heavy atom. The van der Waals surface area contributed by atoms with E-state index in [1.54, 1.807) is 17.0 Å². The van der Waals surface area contributed by atoms with Gasteiger partial charge in [-0.1, -0.05) is 54.6 Å². The molecule has 4 aromatic rings. The SMILES string of the molecule is O=C(NCc1ccccc1)[C@H](c1ccc(F)cc1)N(Cc1cccs1)C(=O)Cc1cccs1. The second-order valence-corrected chi connectivity index (χ2v) is 9.58. The third-order valence-corrected chi connectivity index (χ3v) is 6.93. The molecular formula is C26H23FN2O2S2. The van der Waals surface area contributed by atoms with Gasteiger partial charge < -0.3 is 10.2 Å². The van der Waals surface area contributed by atoms with Crippen molar-refractivity contribution in [1.82, 2.24) is 10.2 Å². The summed E-state index contributed by atoms with van der Waals surface area (Å²) >= 11 is 3.04. The van der Waals surface area contributed by atoms with Crippen LogP contribution >= 0.6 is 22.7 Å². The van der Waals surface area contributed by atoms with Crippen LogP contribution in [0.2, 0.25) is 0 Å². The smallest absolute Gasteiger partial charge is 0.247 e. The Balaban J connectivity index is 1.65. The maximum absolute atomic E-state index is 13.7. The van der Waals surface area contributed by atoms with Crippen molar-refractivity contribution in [2.75, 3.05) is 0 Å². The number of nitrogens with one attached hydrogen (secondary N) is 1. The number of carbonyl (C=O) groups excluding carboxylic acids is 2. The summed E-state index contributed by atoms with van der Waals surface area (Å²) < 4.78 is 13.7. The van der Waals surface area contributed by atoms with Gasteiger partial charge in [-0.05, 0) is 46.2 Å². The number of benzene rings is 2. The summed E-state index contributed by atoms with van der Waals surface area (Å²) in [6.07, 6.45) is 0.201. The summed E-state index contributed by atoms with van der Waals surface area (Å²) in [4.78, 5) is 30.5. The number of hydrogen-bond donors (Lipinski definition) is 1.